The van der Waals surface area contributed by atoms with Crippen molar-refractivity contribution in [3.05, 3.63) is 35.9 Å². The molecule has 1 aromatic carbocycles. The number of nitrogens with one attached hydrogen (secondary N) is 2. The molecule has 0 aromatic heterocycles. The quantitative estimate of drug-likeness (QED) is 0.756. The number of urea groups is 1. The molecule has 2 N–H and O–H groups in total. The average molecular weight is 192 g/mol. The number of hydrogen-bond acceptors (Lipinski definition) is 1. The van der Waals surface area contributed by atoms with Crippen LogP contribution in [0.3, 0.4) is 0 Å². The second-order valence-corrected chi connectivity index (χ2v) is 3.09. The van der Waals surface area contributed by atoms with Gasteiger partial charge in [0.2, 0.25) is 0 Å². The highest BCUT2D eigenvalue weighted by atomic mass is 16.2. The van der Waals surface area contributed by atoms with Crippen molar-refractivity contribution >= 4 is 6.03 Å². The van der Waals surface area contributed by atoms with E-state index >= 15 is 0 Å². The van der Waals surface area contributed by atoms with Crippen LogP contribution in [0.2, 0.25) is 0 Å². The molecule has 0 heterocycles. The fourth-order valence-corrected chi connectivity index (χ4v) is 1.34. The van der Waals surface area contributed by atoms with E-state index in [0.717, 1.165) is 12.0 Å². The third-order valence-electron chi connectivity index (χ3n) is 2.14. The number of rotatable bonds is 3. The van der Waals surface area contributed by atoms with Gasteiger partial charge in [-0.05, 0) is 12.0 Å². The summed E-state index contributed by atoms with van der Waals surface area (Å²) in [5.74, 6) is 0. The Hall–Kier alpha value is -1.51. The molecule has 0 saturated carbocycles. The van der Waals surface area contributed by atoms with Crippen LogP contribution >= 0.6 is 0 Å². The summed E-state index contributed by atoms with van der Waals surface area (Å²) in [6, 6.07) is 9.91. The monoisotopic (exact) mass is 192 g/mol. The molecule has 1 rings (SSSR count). The van der Waals surface area contributed by atoms with E-state index in [9.17, 15) is 4.79 Å². The lowest BCUT2D eigenvalue weighted by atomic mass is 10.1. The lowest BCUT2D eigenvalue weighted by Crippen LogP contribution is -2.35. The van der Waals surface area contributed by atoms with Crippen LogP contribution < -0.4 is 10.6 Å². The van der Waals surface area contributed by atoms with E-state index in [1.54, 1.807) is 7.05 Å². The van der Waals surface area contributed by atoms with Crippen LogP contribution in [0.1, 0.15) is 24.9 Å². The first-order chi connectivity index (χ1) is 6.77. The molecule has 0 aliphatic rings. The summed E-state index contributed by atoms with van der Waals surface area (Å²) >= 11 is 0. The first-order valence-corrected chi connectivity index (χ1v) is 4.81. The molecular weight excluding hydrogens is 176 g/mol. The van der Waals surface area contributed by atoms with E-state index in [4.69, 9.17) is 0 Å². The molecule has 0 bridgehead atoms. The fraction of sp³-hybridized carbons (Fsp3) is 0.364. The number of carbonyl (C=O) groups is 1. The molecule has 2 amide bonds. The molecule has 3 nitrogen and oxygen atoms in total. The molecule has 3 heteroatoms. The molecule has 1 atom stereocenters. The van der Waals surface area contributed by atoms with Gasteiger partial charge in [0.1, 0.15) is 0 Å². The smallest absolute Gasteiger partial charge is 0.315 e. The summed E-state index contributed by atoms with van der Waals surface area (Å²) in [7, 11) is 1.62. The lowest BCUT2D eigenvalue weighted by Gasteiger charge is -2.16. The van der Waals surface area contributed by atoms with E-state index in [1.807, 2.05) is 37.3 Å². The maximum atomic E-state index is 11.1. The summed E-state index contributed by atoms with van der Waals surface area (Å²) in [5, 5.41) is 5.43. The van der Waals surface area contributed by atoms with Gasteiger partial charge >= 0.3 is 6.03 Å². The van der Waals surface area contributed by atoms with Crippen molar-refractivity contribution in [2.24, 2.45) is 0 Å². The minimum Gasteiger partial charge on any atom is -0.341 e. The van der Waals surface area contributed by atoms with Gasteiger partial charge in [-0.2, -0.15) is 0 Å². The molecule has 0 fully saturated rings. The fourth-order valence-electron chi connectivity index (χ4n) is 1.34. The Morgan fingerprint density at radius 1 is 1.36 bits per heavy atom. The predicted octanol–water partition coefficient (Wildman–Crippen LogP) is 2.07. The molecule has 1 unspecified atom stereocenters. The third kappa shape index (κ3) is 2.76. The van der Waals surface area contributed by atoms with Crippen LogP contribution in [0.25, 0.3) is 0 Å². The van der Waals surface area contributed by atoms with Gasteiger partial charge in [0.05, 0.1) is 6.04 Å². The largest absolute Gasteiger partial charge is 0.341 e. The van der Waals surface area contributed by atoms with Crippen LogP contribution in [0, 0.1) is 0 Å². The molecule has 0 saturated heterocycles. The van der Waals surface area contributed by atoms with Crippen LogP contribution in [0.4, 0.5) is 4.79 Å². The van der Waals surface area contributed by atoms with Crippen LogP contribution in [-0.2, 0) is 0 Å². The number of carbonyl (C=O) groups excluding carboxylic acids is 1. The lowest BCUT2D eigenvalue weighted by molar-refractivity contribution is 0.238. The van der Waals surface area contributed by atoms with Crippen molar-refractivity contribution in [1.29, 1.82) is 0 Å². The minimum absolute atomic E-state index is 0.0937. The summed E-state index contributed by atoms with van der Waals surface area (Å²) in [4.78, 5) is 11.1. The summed E-state index contributed by atoms with van der Waals surface area (Å²) in [6.45, 7) is 2.05. The Morgan fingerprint density at radius 2 is 2.00 bits per heavy atom. The molecule has 0 radical (unpaired) electrons. The second kappa shape index (κ2) is 5.27. The average Bonchev–Trinajstić information content (AvgIpc) is 2.26. The molecule has 76 valence electrons. The van der Waals surface area contributed by atoms with Gasteiger partial charge in [-0.25, -0.2) is 4.79 Å². The standard InChI is InChI=1S/C11H16N2O/c1-3-10(13-11(14)12-2)9-7-5-4-6-8-9/h4-8,10H,3H2,1-2H3,(H2,12,13,14). The highest BCUT2D eigenvalue weighted by Crippen LogP contribution is 2.15. The summed E-state index contributed by atoms with van der Waals surface area (Å²) < 4.78 is 0. The molecule has 0 aliphatic carbocycles. The van der Waals surface area contributed by atoms with Crippen molar-refractivity contribution in [3.8, 4) is 0 Å². The SMILES string of the molecule is CCC(NC(=O)NC)c1ccccc1. The van der Waals surface area contributed by atoms with E-state index in [-0.39, 0.29) is 12.1 Å². The Balaban J connectivity index is 2.68. The number of amides is 2. The molecule has 0 aliphatic heterocycles. The summed E-state index contributed by atoms with van der Waals surface area (Å²) in [6.07, 6.45) is 0.886. The van der Waals surface area contributed by atoms with Crippen LogP contribution in [-0.4, -0.2) is 13.1 Å². The van der Waals surface area contributed by atoms with Gasteiger partial charge in [-0.15, -0.1) is 0 Å². The van der Waals surface area contributed by atoms with E-state index in [2.05, 4.69) is 10.6 Å². The zero-order valence-corrected chi connectivity index (χ0v) is 8.58. The Bertz CT molecular complexity index is 285. The van der Waals surface area contributed by atoms with Crippen LogP contribution in [0.15, 0.2) is 30.3 Å². The molecule has 1 aromatic rings. The Kier molecular flexibility index (Phi) is 3.98. The second-order valence-electron chi connectivity index (χ2n) is 3.09. The number of benzene rings is 1. The van der Waals surface area contributed by atoms with Crippen molar-refractivity contribution in [3.63, 3.8) is 0 Å². The van der Waals surface area contributed by atoms with Crippen molar-refractivity contribution in [2.45, 2.75) is 19.4 Å². The minimum atomic E-state index is -0.138. The molecular formula is C11H16N2O. The summed E-state index contributed by atoms with van der Waals surface area (Å²) in [5.41, 5.74) is 1.14. The number of hydrogen-bond donors (Lipinski definition) is 2. The van der Waals surface area contributed by atoms with Crippen molar-refractivity contribution in [2.75, 3.05) is 7.05 Å². The highest BCUT2D eigenvalue weighted by molar-refractivity contribution is 5.74. The zero-order chi connectivity index (χ0) is 10.4. The van der Waals surface area contributed by atoms with Crippen molar-refractivity contribution in [1.82, 2.24) is 10.6 Å². The topological polar surface area (TPSA) is 41.1 Å². The Morgan fingerprint density at radius 3 is 2.50 bits per heavy atom. The molecule has 0 spiro atoms. The van der Waals surface area contributed by atoms with Crippen LogP contribution in [0.5, 0.6) is 0 Å². The van der Waals surface area contributed by atoms with E-state index in [1.165, 1.54) is 0 Å². The predicted molar refractivity (Wildman–Crippen MR) is 57.1 cm³/mol. The highest BCUT2D eigenvalue weighted by Gasteiger charge is 2.10. The van der Waals surface area contributed by atoms with E-state index < -0.39 is 0 Å². The Labute approximate surface area is 84.5 Å². The third-order valence-corrected chi connectivity index (χ3v) is 2.14. The van der Waals surface area contributed by atoms with Crippen molar-refractivity contribution < 1.29 is 4.79 Å². The first-order valence-electron chi connectivity index (χ1n) is 4.81. The molecule has 14 heavy (non-hydrogen) atoms. The zero-order valence-electron chi connectivity index (χ0n) is 8.58. The normalized spacial score (nSPS) is 11.9. The maximum absolute atomic E-state index is 11.1. The van der Waals surface area contributed by atoms with Gasteiger partial charge in [0.25, 0.3) is 0 Å². The van der Waals surface area contributed by atoms with Gasteiger partial charge < -0.3 is 10.6 Å². The first kappa shape index (κ1) is 10.6. The van der Waals surface area contributed by atoms with Gasteiger partial charge in [0, 0.05) is 7.05 Å². The maximum Gasteiger partial charge on any atom is 0.315 e. The van der Waals surface area contributed by atoms with E-state index in [0.29, 0.717) is 0 Å². The van der Waals surface area contributed by atoms with Gasteiger partial charge in [-0.1, -0.05) is 37.3 Å². The van der Waals surface area contributed by atoms with Gasteiger partial charge in [0.15, 0.2) is 0 Å². The van der Waals surface area contributed by atoms with Gasteiger partial charge in [-0.3, -0.25) is 0 Å².